The fourth-order valence-electron chi connectivity index (χ4n) is 5.64. The van der Waals surface area contributed by atoms with E-state index in [1.807, 2.05) is 24.0 Å². The van der Waals surface area contributed by atoms with Crippen molar-refractivity contribution in [3.05, 3.63) is 64.0 Å². The number of alkyl halides is 3. The van der Waals surface area contributed by atoms with E-state index < -0.39 is 30.5 Å². The molecule has 2 unspecified atom stereocenters. The number of benzene rings is 2. The summed E-state index contributed by atoms with van der Waals surface area (Å²) in [6, 6.07) is 12.5. The third-order valence-corrected chi connectivity index (χ3v) is 9.02. The van der Waals surface area contributed by atoms with E-state index in [4.69, 9.17) is 4.74 Å². The third-order valence-electron chi connectivity index (χ3n) is 8.11. The molecule has 0 saturated carbocycles. The van der Waals surface area contributed by atoms with Crippen molar-refractivity contribution < 1.29 is 32.6 Å². The lowest BCUT2D eigenvalue weighted by atomic mass is 9.85. The molecular weight excluding hydrogens is 581 g/mol. The van der Waals surface area contributed by atoms with Crippen LogP contribution in [0.15, 0.2) is 41.8 Å². The maximum Gasteiger partial charge on any atom is 0.394 e. The highest BCUT2D eigenvalue weighted by molar-refractivity contribution is 7.14. The van der Waals surface area contributed by atoms with Gasteiger partial charge in [0, 0.05) is 42.7 Å². The molecule has 1 aromatic heterocycles. The fraction of sp³-hybridized carbons (Fsp3) is 0.419. The van der Waals surface area contributed by atoms with Crippen LogP contribution in [-0.2, 0) is 11.4 Å². The van der Waals surface area contributed by atoms with Crippen molar-refractivity contribution in [2.45, 2.75) is 45.4 Å². The standard InChI is InChI=1S/C31H31F3N4O4S/c1-19-13-21(28(39)37-10-3-2-4-11-37)6-7-22(19)17-42-27-8-5-20(15-35)14-24(27)26-18-43-30(36-26)38-12-9-23(29(40)41)25(16-38)31(32,33)34/h5-8,13-14,18,23,25H,2-4,9-12,16-17H2,1H3,(H,40,41). The molecule has 2 aromatic carbocycles. The van der Waals surface area contributed by atoms with E-state index in [-0.39, 0.29) is 25.5 Å². The smallest absolute Gasteiger partial charge is 0.394 e. The number of rotatable bonds is 7. The summed E-state index contributed by atoms with van der Waals surface area (Å²) >= 11 is 1.15. The number of carbonyl (C=O) groups is 2. The molecule has 1 amide bonds. The number of aryl methyl sites for hydroxylation is 1. The average Bonchev–Trinajstić information content (AvgIpc) is 3.50. The molecule has 3 aromatic rings. The van der Waals surface area contributed by atoms with E-state index in [0.29, 0.717) is 33.3 Å². The summed E-state index contributed by atoms with van der Waals surface area (Å²) in [4.78, 5) is 32.3. The first-order valence-corrected chi connectivity index (χ1v) is 15.0. The highest BCUT2D eigenvalue weighted by Crippen LogP contribution is 2.41. The number of anilines is 1. The van der Waals surface area contributed by atoms with E-state index in [2.05, 4.69) is 11.1 Å². The van der Waals surface area contributed by atoms with Gasteiger partial charge in [-0.15, -0.1) is 11.3 Å². The number of carbonyl (C=O) groups excluding carboxylic acids is 1. The molecule has 2 atom stereocenters. The summed E-state index contributed by atoms with van der Waals surface area (Å²) in [7, 11) is 0. The molecule has 3 heterocycles. The van der Waals surface area contributed by atoms with Gasteiger partial charge in [-0.1, -0.05) is 6.07 Å². The third kappa shape index (κ3) is 6.77. The van der Waals surface area contributed by atoms with Crippen molar-refractivity contribution in [1.29, 1.82) is 5.26 Å². The molecule has 5 rings (SSSR count). The van der Waals surface area contributed by atoms with Crippen LogP contribution in [0.2, 0.25) is 0 Å². The van der Waals surface area contributed by atoms with Crippen molar-refractivity contribution in [2.24, 2.45) is 11.8 Å². The Labute approximate surface area is 251 Å². The second kappa shape index (κ2) is 12.6. The van der Waals surface area contributed by atoms with Crippen molar-refractivity contribution >= 4 is 28.3 Å². The molecule has 0 bridgehead atoms. The average molecular weight is 613 g/mol. The van der Waals surface area contributed by atoms with Gasteiger partial charge in [0.1, 0.15) is 12.4 Å². The van der Waals surface area contributed by atoms with Crippen LogP contribution in [0, 0.1) is 30.1 Å². The number of ether oxygens (including phenoxy) is 1. The minimum Gasteiger partial charge on any atom is -0.488 e. The number of aliphatic carboxylic acids is 1. The van der Waals surface area contributed by atoms with E-state index >= 15 is 0 Å². The summed E-state index contributed by atoms with van der Waals surface area (Å²) in [6.45, 7) is 3.28. The number of aromatic nitrogens is 1. The highest BCUT2D eigenvalue weighted by atomic mass is 32.1. The fourth-order valence-corrected chi connectivity index (χ4v) is 6.50. The maximum atomic E-state index is 13.7. The Morgan fingerprint density at radius 3 is 2.58 bits per heavy atom. The van der Waals surface area contributed by atoms with Gasteiger partial charge in [0.2, 0.25) is 0 Å². The molecule has 2 fully saturated rings. The number of nitrogens with zero attached hydrogens (tertiary/aromatic N) is 4. The molecule has 2 saturated heterocycles. The van der Waals surface area contributed by atoms with Gasteiger partial charge in [0.15, 0.2) is 5.13 Å². The quantitative estimate of drug-likeness (QED) is 0.335. The number of likely N-dealkylation sites (tertiary alicyclic amines) is 1. The van der Waals surface area contributed by atoms with Gasteiger partial charge in [0.05, 0.1) is 29.2 Å². The largest absolute Gasteiger partial charge is 0.488 e. The zero-order chi connectivity index (χ0) is 30.7. The van der Waals surface area contributed by atoms with Gasteiger partial charge in [-0.2, -0.15) is 18.4 Å². The van der Waals surface area contributed by atoms with Crippen molar-refractivity contribution in [3.63, 3.8) is 0 Å². The molecule has 0 spiro atoms. The molecule has 43 heavy (non-hydrogen) atoms. The second-order valence-electron chi connectivity index (χ2n) is 10.9. The molecule has 2 aliphatic heterocycles. The Morgan fingerprint density at radius 1 is 1.14 bits per heavy atom. The van der Waals surface area contributed by atoms with Gasteiger partial charge < -0.3 is 19.6 Å². The Morgan fingerprint density at radius 2 is 1.91 bits per heavy atom. The summed E-state index contributed by atoms with van der Waals surface area (Å²) in [5.74, 6) is -4.48. The summed E-state index contributed by atoms with van der Waals surface area (Å²) in [5, 5.41) is 20.8. The number of hydrogen-bond acceptors (Lipinski definition) is 7. The van der Waals surface area contributed by atoms with E-state index in [1.54, 1.807) is 29.6 Å². The van der Waals surface area contributed by atoms with Crippen LogP contribution in [0.3, 0.4) is 0 Å². The first kappa shape index (κ1) is 30.4. The second-order valence-corrected chi connectivity index (χ2v) is 11.8. The molecule has 2 aliphatic rings. The van der Waals surface area contributed by atoms with Crippen LogP contribution < -0.4 is 9.64 Å². The van der Waals surface area contributed by atoms with Gasteiger partial charge in [-0.05, 0) is 74.1 Å². The number of nitriles is 1. The maximum absolute atomic E-state index is 13.7. The Kier molecular flexibility index (Phi) is 8.92. The first-order valence-electron chi connectivity index (χ1n) is 14.1. The lowest BCUT2D eigenvalue weighted by Gasteiger charge is -2.37. The van der Waals surface area contributed by atoms with Crippen LogP contribution >= 0.6 is 11.3 Å². The van der Waals surface area contributed by atoms with Crippen molar-refractivity contribution in [3.8, 4) is 23.1 Å². The zero-order valence-electron chi connectivity index (χ0n) is 23.6. The van der Waals surface area contributed by atoms with Gasteiger partial charge in [0.25, 0.3) is 5.91 Å². The minimum atomic E-state index is -4.65. The Bertz CT molecular complexity index is 1540. The number of carboxylic acid groups (broad SMARTS) is 1. The molecule has 0 aliphatic carbocycles. The lowest BCUT2D eigenvalue weighted by molar-refractivity contribution is -0.197. The van der Waals surface area contributed by atoms with Crippen molar-refractivity contribution in [2.75, 3.05) is 31.1 Å². The topological polar surface area (TPSA) is 107 Å². The number of thiazole rings is 1. The van der Waals surface area contributed by atoms with Gasteiger partial charge in [-0.25, -0.2) is 4.98 Å². The van der Waals surface area contributed by atoms with Gasteiger partial charge in [-0.3, -0.25) is 9.59 Å². The first-order chi connectivity index (χ1) is 20.5. The summed E-state index contributed by atoms with van der Waals surface area (Å²) < 4.78 is 47.2. The number of carboxylic acids is 1. The van der Waals surface area contributed by atoms with Crippen LogP contribution in [0.4, 0.5) is 18.3 Å². The Hall–Kier alpha value is -4.11. The molecule has 12 heteroatoms. The van der Waals surface area contributed by atoms with Crippen molar-refractivity contribution in [1.82, 2.24) is 9.88 Å². The van der Waals surface area contributed by atoms with E-state index in [1.165, 1.54) is 4.90 Å². The van der Waals surface area contributed by atoms with E-state index in [0.717, 1.165) is 54.8 Å². The SMILES string of the molecule is Cc1cc(C(=O)N2CCCCC2)ccc1COc1ccc(C#N)cc1-c1csc(N2CCC(C(=O)O)C(C(F)(F)F)C2)n1. The van der Waals surface area contributed by atoms with Gasteiger partial charge >= 0.3 is 12.1 Å². The minimum absolute atomic E-state index is 0.0257. The predicted octanol–water partition coefficient (Wildman–Crippen LogP) is 6.28. The van der Waals surface area contributed by atoms with Crippen LogP contribution in [-0.4, -0.2) is 59.2 Å². The number of halogens is 3. The summed E-state index contributed by atoms with van der Waals surface area (Å²) in [5.41, 5.74) is 3.74. The van der Waals surface area contributed by atoms with Crippen LogP contribution in [0.1, 0.15) is 52.7 Å². The number of hydrogen-bond donors (Lipinski definition) is 1. The van der Waals surface area contributed by atoms with Crippen LogP contribution in [0.25, 0.3) is 11.3 Å². The predicted molar refractivity (Wildman–Crippen MR) is 155 cm³/mol. The monoisotopic (exact) mass is 612 g/mol. The molecular formula is C31H31F3N4O4S. The van der Waals surface area contributed by atoms with Crippen LogP contribution in [0.5, 0.6) is 5.75 Å². The summed E-state index contributed by atoms with van der Waals surface area (Å²) in [6.07, 6.45) is -1.62. The molecule has 0 radical (unpaired) electrons. The number of piperidine rings is 2. The Balaban J connectivity index is 1.33. The van der Waals surface area contributed by atoms with E-state index in [9.17, 15) is 33.1 Å². The zero-order valence-corrected chi connectivity index (χ0v) is 24.4. The molecule has 8 nitrogen and oxygen atoms in total. The molecule has 226 valence electrons. The lowest BCUT2D eigenvalue weighted by Crippen LogP contribution is -2.49. The normalized spacial score (nSPS) is 19.1. The molecule has 1 N–H and O–H groups in total. The number of amides is 1. The highest BCUT2D eigenvalue weighted by Gasteiger charge is 2.50.